The molecule has 0 aromatic rings. The second-order valence-corrected chi connectivity index (χ2v) is 4.25. The van der Waals surface area contributed by atoms with Crippen LogP contribution in [0, 0.1) is 0 Å². The average molecular weight is 257 g/mol. The Kier molecular flexibility index (Phi) is 5.41. The monoisotopic (exact) mass is 257 g/mol. The topological polar surface area (TPSA) is 98.7 Å². The third kappa shape index (κ3) is 4.23. The summed E-state index contributed by atoms with van der Waals surface area (Å²) in [6, 6.07) is -1.39. The van der Waals surface area contributed by atoms with Crippen molar-refractivity contribution in [1.29, 1.82) is 0 Å². The minimum Gasteiger partial charge on any atom is -0.480 e. The van der Waals surface area contributed by atoms with E-state index in [1.54, 1.807) is 0 Å². The first-order chi connectivity index (χ1) is 8.54. The summed E-state index contributed by atoms with van der Waals surface area (Å²) in [5.74, 6) is -1.27. The van der Waals surface area contributed by atoms with E-state index in [0.717, 1.165) is 0 Å². The molecular weight excluding hydrogens is 238 g/mol. The molecule has 7 heteroatoms. The summed E-state index contributed by atoms with van der Waals surface area (Å²) in [7, 11) is 0. The van der Waals surface area contributed by atoms with Crippen molar-refractivity contribution in [3.63, 3.8) is 0 Å². The quantitative estimate of drug-likeness (QED) is 0.648. The number of aliphatic carboxylic acids is 1. The molecule has 3 amide bonds. The van der Waals surface area contributed by atoms with Gasteiger partial charge >= 0.3 is 12.0 Å². The summed E-state index contributed by atoms with van der Waals surface area (Å²) in [5.41, 5.74) is 0. The first-order valence-corrected chi connectivity index (χ1v) is 6.09. The van der Waals surface area contributed by atoms with Gasteiger partial charge < -0.3 is 20.6 Å². The number of carbonyl (C=O) groups excluding carboxylic acids is 2. The van der Waals surface area contributed by atoms with Crippen molar-refractivity contribution in [2.24, 2.45) is 0 Å². The SMILES string of the molecule is CCC[C@H](NC(=O)N1CCCNC(=O)C1)C(=O)O. The Morgan fingerprint density at radius 3 is 2.89 bits per heavy atom. The fourth-order valence-corrected chi connectivity index (χ4v) is 1.77. The molecule has 0 radical (unpaired) electrons. The van der Waals surface area contributed by atoms with Crippen molar-refractivity contribution in [1.82, 2.24) is 15.5 Å². The predicted octanol–water partition coefficient (Wildman–Crippen LogP) is -0.229. The van der Waals surface area contributed by atoms with Crippen LogP contribution in [0.25, 0.3) is 0 Å². The van der Waals surface area contributed by atoms with E-state index in [2.05, 4.69) is 10.6 Å². The fourth-order valence-electron chi connectivity index (χ4n) is 1.77. The molecule has 18 heavy (non-hydrogen) atoms. The lowest BCUT2D eigenvalue weighted by Crippen LogP contribution is -2.49. The van der Waals surface area contributed by atoms with Crippen molar-refractivity contribution >= 4 is 17.9 Å². The van der Waals surface area contributed by atoms with Crippen LogP contribution in [0.4, 0.5) is 4.79 Å². The van der Waals surface area contributed by atoms with Gasteiger partial charge in [0.25, 0.3) is 0 Å². The van der Waals surface area contributed by atoms with Crippen molar-refractivity contribution in [2.75, 3.05) is 19.6 Å². The van der Waals surface area contributed by atoms with Crippen LogP contribution in [0.2, 0.25) is 0 Å². The molecule has 1 saturated heterocycles. The van der Waals surface area contributed by atoms with Crippen LogP contribution in [-0.4, -0.2) is 53.6 Å². The van der Waals surface area contributed by atoms with E-state index in [9.17, 15) is 14.4 Å². The Morgan fingerprint density at radius 2 is 2.28 bits per heavy atom. The van der Waals surface area contributed by atoms with E-state index in [4.69, 9.17) is 5.11 Å². The highest BCUT2D eigenvalue weighted by Gasteiger charge is 2.24. The largest absolute Gasteiger partial charge is 0.480 e. The summed E-state index contributed by atoms with van der Waals surface area (Å²) >= 11 is 0. The van der Waals surface area contributed by atoms with Crippen LogP contribution in [0.1, 0.15) is 26.2 Å². The van der Waals surface area contributed by atoms with Crippen molar-refractivity contribution in [3.05, 3.63) is 0 Å². The van der Waals surface area contributed by atoms with Crippen LogP contribution < -0.4 is 10.6 Å². The second-order valence-electron chi connectivity index (χ2n) is 4.25. The molecule has 1 heterocycles. The van der Waals surface area contributed by atoms with Gasteiger partial charge in [0.05, 0.1) is 0 Å². The molecular formula is C11H19N3O4. The van der Waals surface area contributed by atoms with Gasteiger partial charge in [0.15, 0.2) is 0 Å². The summed E-state index contributed by atoms with van der Waals surface area (Å²) in [5, 5.41) is 14.0. The first kappa shape index (κ1) is 14.3. The molecule has 0 aromatic carbocycles. The number of rotatable bonds is 4. The third-order valence-corrected chi connectivity index (χ3v) is 2.72. The highest BCUT2D eigenvalue weighted by Crippen LogP contribution is 2.01. The van der Waals surface area contributed by atoms with E-state index in [1.807, 2.05) is 6.92 Å². The smallest absolute Gasteiger partial charge is 0.326 e. The molecule has 0 spiro atoms. The summed E-state index contributed by atoms with van der Waals surface area (Å²) < 4.78 is 0. The molecule has 3 N–H and O–H groups in total. The van der Waals surface area contributed by atoms with E-state index < -0.39 is 18.0 Å². The zero-order chi connectivity index (χ0) is 13.5. The number of hydrogen-bond acceptors (Lipinski definition) is 3. The molecule has 1 aliphatic rings. The average Bonchev–Trinajstić information content (AvgIpc) is 2.53. The van der Waals surface area contributed by atoms with Crippen molar-refractivity contribution < 1.29 is 19.5 Å². The number of hydrogen-bond donors (Lipinski definition) is 3. The molecule has 1 rings (SSSR count). The lowest BCUT2D eigenvalue weighted by atomic mass is 10.2. The van der Waals surface area contributed by atoms with E-state index in [1.165, 1.54) is 4.90 Å². The number of carboxylic acid groups (broad SMARTS) is 1. The van der Waals surface area contributed by atoms with Crippen molar-refractivity contribution in [3.8, 4) is 0 Å². The van der Waals surface area contributed by atoms with Gasteiger partial charge in [-0.1, -0.05) is 13.3 Å². The van der Waals surface area contributed by atoms with Crippen molar-refractivity contribution in [2.45, 2.75) is 32.2 Å². The van der Waals surface area contributed by atoms with Crippen LogP contribution in [0.15, 0.2) is 0 Å². The number of carboxylic acids is 1. The van der Waals surface area contributed by atoms with E-state index in [-0.39, 0.29) is 12.5 Å². The zero-order valence-electron chi connectivity index (χ0n) is 10.4. The van der Waals surface area contributed by atoms with Gasteiger partial charge in [-0.2, -0.15) is 0 Å². The number of carbonyl (C=O) groups is 3. The molecule has 0 aromatic heterocycles. The first-order valence-electron chi connectivity index (χ1n) is 6.09. The number of urea groups is 1. The number of nitrogens with one attached hydrogen (secondary N) is 2. The predicted molar refractivity (Wildman–Crippen MR) is 64.1 cm³/mol. The molecule has 0 bridgehead atoms. The van der Waals surface area contributed by atoms with E-state index >= 15 is 0 Å². The van der Waals surface area contributed by atoms with Gasteiger partial charge in [0, 0.05) is 13.1 Å². The minimum atomic E-state index is -1.05. The van der Waals surface area contributed by atoms with Gasteiger partial charge in [-0.3, -0.25) is 4.79 Å². The summed E-state index contributed by atoms with van der Waals surface area (Å²) in [6.07, 6.45) is 1.71. The van der Waals surface area contributed by atoms with Gasteiger partial charge in [-0.15, -0.1) is 0 Å². The van der Waals surface area contributed by atoms with Crippen LogP contribution >= 0.6 is 0 Å². The lowest BCUT2D eigenvalue weighted by Gasteiger charge is -2.22. The lowest BCUT2D eigenvalue weighted by molar-refractivity contribution is -0.139. The standard InChI is InChI=1S/C11H19N3O4/c1-2-4-8(10(16)17)13-11(18)14-6-3-5-12-9(15)7-14/h8H,2-7H2,1H3,(H,12,15)(H,13,18)(H,16,17)/t8-/m0/s1. The van der Waals surface area contributed by atoms with Gasteiger partial charge in [-0.05, 0) is 12.8 Å². The fraction of sp³-hybridized carbons (Fsp3) is 0.727. The molecule has 0 saturated carbocycles. The molecule has 1 aliphatic heterocycles. The molecule has 1 atom stereocenters. The Morgan fingerprint density at radius 1 is 1.56 bits per heavy atom. The van der Waals surface area contributed by atoms with Crippen LogP contribution in [0.5, 0.6) is 0 Å². The van der Waals surface area contributed by atoms with Crippen LogP contribution in [-0.2, 0) is 9.59 Å². The molecule has 0 aliphatic carbocycles. The molecule has 7 nitrogen and oxygen atoms in total. The number of nitrogens with zero attached hydrogens (tertiary/aromatic N) is 1. The maximum absolute atomic E-state index is 11.9. The molecule has 102 valence electrons. The zero-order valence-corrected chi connectivity index (χ0v) is 10.4. The maximum Gasteiger partial charge on any atom is 0.326 e. The normalized spacial score (nSPS) is 17.6. The highest BCUT2D eigenvalue weighted by atomic mass is 16.4. The minimum absolute atomic E-state index is 0.0235. The molecule has 0 unspecified atom stereocenters. The van der Waals surface area contributed by atoms with Gasteiger partial charge in [0.1, 0.15) is 12.6 Å². The molecule has 1 fully saturated rings. The summed E-state index contributed by atoms with van der Waals surface area (Å²) in [6.45, 7) is 2.81. The third-order valence-electron chi connectivity index (χ3n) is 2.72. The van der Waals surface area contributed by atoms with Gasteiger partial charge in [0.2, 0.25) is 5.91 Å². The Bertz CT molecular complexity index is 332. The Balaban J connectivity index is 2.56. The highest BCUT2D eigenvalue weighted by molar-refractivity contribution is 5.86. The second kappa shape index (κ2) is 6.83. The van der Waals surface area contributed by atoms with Gasteiger partial charge in [-0.25, -0.2) is 9.59 Å². The Labute approximate surface area is 106 Å². The number of amides is 3. The summed E-state index contributed by atoms with van der Waals surface area (Å²) in [4.78, 5) is 35.4. The maximum atomic E-state index is 11.9. The van der Waals surface area contributed by atoms with Crippen LogP contribution in [0.3, 0.4) is 0 Å². The Hall–Kier alpha value is -1.79. The van der Waals surface area contributed by atoms with E-state index in [0.29, 0.717) is 32.4 Å².